The van der Waals surface area contributed by atoms with Gasteiger partial charge in [-0.3, -0.25) is 4.79 Å². The van der Waals surface area contributed by atoms with Crippen LogP contribution in [0.5, 0.6) is 0 Å². The highest BCUT2D eigenvalue weighted by atomic mass is 35.5. The molecule has 0 bridgehead atoms. The molecule has 1 fully saturated rings. The lowest BCUT2D eigenvalue weighted by Gasteiger charge is -2.17. The van der Waals surface area contributed by atoms with E-state index in [9.17, 15) is 4.79 Å². The maximum Gasteiger partial charge on any atom is 0.271 e. The van der Waals surface area contributed by atoms with Gasteiger partial charge in [0.25, 0.3) is 5.91 Å². The van der Waals surface area contributed by atoms with Crippen molar-refractivity contribution in [3.05, 3.63) is 52.8 Å². The molecule has 0 aliphatic carbocycles. The van der Waals surface area contributed by atoms with E-state index in [1.54, 1.807) is 28.9 Å². The number of hydrogen-bond donors (Lipinski definition) is 1. The van der Waals surface area contributed by atoms with Crippen molar-refractivity contribution in [2.24, 2.45) is 5.92 Å². The van der Waals surface area contributed by atoms with E-state index < -0.39 is 0 Å². The minimum absolute atomic E-state index is 0.0914. The Kier molecular flexibility index (Phi) is 4.19. The second-order valence-corrected chi connectivity index (χ2v) is 6.69. The Morgan fingerprint density at radius 1 is 1.40 bits per heavy atom. The molecule has 0 radical (unpaired) electrons. The molecule has 7 nitrogen and oxygen atoms in total. The Morgan fingerprint density at radius 3 is 3.08 bits per heavy atom. The lowest BCUT2D eigenvalue weighted by Crippen LogP contribution is -2.40. The van der Waals surface area contributed by atoms with Crippen LogP contribution in [-0.4, -0.2) is 39.7 Å². The quantitative estimate of drug-likeness (QED) is 0.771. The van der Waals surface area contributed by atoms with Crippen molar-refractivity contribution in [2.45, 2.75) is 19.4 Å². The number of fused-ring (bicyclic) bond motifs is 1. The predicted molar refractivity (Wildman–Crippen MR) is 90.7 cm³/mol. The van der Waals surface area contributed by atoms with Gasteiger partial charge in [0.2, 0.25) is 0 Å². The van der Waals surface area contributed by atoms with Gasteiger partial charge in [-0.15, -0.1) is 0 Å². The number of nitrogens with one attached hydrogen (secondary N) is 1. The summed E-state index contributed by atoms with van der Waals surface area (Å²) in [7, 11) is 0. The fourth-order valence-corrected chi connectivity index (χ4v) is 3.21. The molecule has 0 unspecified atom stereocenters. The number of hydrogen-bond acceptors (Lipinski definition) is 5. The number of imidazole rings is 1. The van der Waals surface area contributed by atoms with Gasteiger partial charge in [-0.1, -0.05) is 16.8 Å². The molecule has 1 N–H and O–H groups in total. The van der Waals surface area contributed by atoms with Crippen molar-refractivity contribution in [3.63, 3.8) is 0 Å². The molecule has 1 saturated heterocycles. The third-order valence-electron chi connectivity index (χ3n) is 4.30. The van der Waals surface area contributed by atoms with Crippen molar-refractivity contribution in [1.82, 2.24) is 19.9 Å². The molecule has 1 amide bonds. The summed E-state index contributed by atoms with van der Waals surface area (Å²) >= 11 is 5.96. The standard InChI is InChI=1S/C17H17ClN4O3/c1-10-4-13(25-21-10)5-11-8-24-9-15(11)20-17(23)14-7-22-6-12(18)2-3-16(22)19-14/h2-4,6-7,11,15H,5,8-9H2,1H3,(H,20,23)/t11-,15+/m1/s1. The maximum absolute atomic E-state index is 12.5. The van der Waals surface area contributed by atoms with Gasteiger partial charge in [-0.25, -0.2) is 4.98 Å². The Morgan fingerprint density at radius 2 is 2.28 bits per heavy atom. The number of carbonyl (C=O) groups is 1. The smallest absolute Gasteiger partial charge is 0.271 e. The Bertz CT molecular complexity index is 920. The van der Waals surface area contributed by atoms with Gasteiger partial charge < -0.3 is 19.0 Å². The molecule has 2 atom stereocenters. The van der Waals surface area contributed by atoms with Crippen molar-refractivity contribution < 1.29 is 14.1 Å². The summed E-state index contributed by atoms with van der Waals surface area (Å²) in [6.45, 7) is 2.93. The molecule has 0 saturated carbocycles. The van der Waals surface area contributed by atoms with Crippen LogP contribution < -0.4 is 5.32 Å². The molecule has 4 heterocycles. The number of aromatic nitrogens is 3. The van der Waals surface area contributed by atoms with Crippen LogP contribution in [0.25, 0.3) is 5.65 Å². The summed E-state index contributed by atoms with van der Waals surface area (Å²) in [5.74, 6) is 0.714. The van der Waals surface area contributed by atoms with Crippen LogP contribution in [0.2, 0.25) is 5.02 Å². The number of rotatable bonds is 4. The first kappa shape index (κ1) is 16.1. The molecule has 1 aliphatic rings. The van der Waals surface area contributed by atoms with E-state index in [1.165, 1.54) is 0 Å². The number of ether oxygens (including phenoxy) is 1. The molecule has 3 aromatic heterocycles. The molecule has 0 spiro atoms. The molecule has 4 rings (SSSR count). The summed E-state index contributed by atoms with van der Waals surface area (Å²) in [4.78, 5) is 16.9. The van der Waals surface area contributed by atoms with Gasteiger partial charge in [-0.2, -0.15) is 0 Å². The Labute approximate surface area is 148 Å². The summed E-state index contributed by atoms with van der Waals surface area (Å²) in [5.41, 5.74) is 1.87. The number of halogens is 1. The second-order valence-electron chi connectivity index (χ2n) is 6.26. The van der Waals surface area contributed by atoms with Gasteiger partial charge in [-0.05, 0) is 19.1 Å². The first-order valence-electron chi connectivity index (χ1n) is 8.03. The van der Waals surface area contributed by atoms with Crippen LogP contribution in [-0.2, 0) is 11.2 Å². The van der Waals surface area contributed by atoms with Crippen LogP contribution in [0, 0.1) is 12.8 Å². The largest absolute Gasteiger partial charge is 0.379 e. The van der Waals surface area contributed by atoms with Crippen LogP contribution in [0.3, 0.4) is 0 Å². The van der Waals surface area contributed by atoms with Gasteiger partial charge >= 0.3 is 0 Å². The van der Waals surface area contributed by atoms with Crippen LogP contribution in [0.15, 0.2) is 35.1 Å². The SMILES string of the molecule is Cc1cc(C[C@@H]2COC[C@@H]2NC(=O)c2cn3cc(Cl)ccc3n2)on1. The monoisotopic (exact) mass is 360 g/mol. The number of nitrogens with zero attached hydrogens (tertiary/aromatic N) is 3. The lowest BCUT2D eigenvalue weighted by atomic mass is 9.98. The summed E-state index contributed by atoms with van der Waals surface area (Å²) < 4.78 is 12.5. The fraction of sp³-hybridized carbons (Fsp3) is 0.353. The second kappa shape index (κ2) is 6.50. The minimum atomic E-state index is -0.228. The topological polar surface area (TPSA) is 81.7 Å². The van der Waals surface area contributed by atoms with E-state index in [1.807, 2.05) is 13.0 Å². The van der Waals surface area contributed by atoms with Gasteiger partial charge in [0.05, 0.1) is 30.0 Å². The molecule has 25 heavy (non-hydrogen) atoms. The van der Waals surface area contributed by atoms with E-state index >= 15 is 0 Å². The maximum atomic E-state index is 12.5. The molecular weight excluding hydrogens is 344 g/mol. The fourth-order valence-electron chi connectivity index (χ4n) is 3.05. The van der Waals surface area contributed by atoms with Crippen LogP contribution in [0.1, 0.15) is 21.9 Å². The van der Waals surface area contributed by atoms with E-state index in [-0.39, 0.29) is 17.9 Å². The van der Waals surface area contributed by atoms with Crippen LogP contribution >= 0.6 is 11.6 Å². The highest BCUT2D eigenvalue weighted by molar-refractivity contribution is 6.30. The zero-order chi connectivity index (χ0) is 17.4. The predicted octanol–water partition coefficient (Wildman–Crippen LogP) is 2.27. The zero-order valence-electron chi connectivity index (χ0n) is 13.6. The first-order chi connectivity index (χ1) is 12.1. The molecule has 3 aromatic rings. The number of aryl methyl sites for hydroxylation is 1. The minimum Gasteiger partial charge on any atom is -0.379 e. The molecule has 0 aromatic carbocycles. The normalized spacial score (nSPS) is 20.2. The third kappa shape index (κ3) is 3.38. The van der Waals surface area contributed by atoms with Crippen molar-refractivity contribution in [1.29, 1.82) is 0 Å². The molecule has 1 aliphatic heterocycles. The summed E-state index contributed by atoms with van der Waals surface area (Å²) in [6.07, 6.45) is 4.06. The van der Waals surface area contributed by atoms with Crippen molar-refractivity contribution >= 4 is 23.2 Å². The van der Waals surface area contributed by atoms with Gasteiger partial charge in [0.15, 0.2) is 0 Å². The van der Waals surface area contributed by atoms with E-state index in [0.29, 0.717) is 36.0 Å². The molecular formula is C17H17ClN4O3. The van der Waals surface area contributed by atoms with Crippen molar-refractivity contribution in [2.75, 3.05) is 13.2 Å². The van der Waals surface area contributed by atoms with Crippen LogP contribution in [0.4, 0.5) is 0 Å². The number of pyridine rings is 1. The molecule has 130 valence electrons. The average Bonchev–Trinajstić information content (AvgIpc) is 3.28. The van der Waals surface area contributed by atoms with E-state index in [4.69, 9.17) is 20.9 Å². The number of carbonyl (C=O) groups excluding carboxylic acids is 1. The average molecular weight is 361 g/mol. The van der Waals surface area contributed by atoms with Crippen molar-refractivity contribution in [3.8, 4) is 0 Å². The summed E-state index contributed by atoms with van der Waals surface area (Å²) in [5, 5.41) is 7.50. The van der Waals surface area contributed by atoms with Gasteiger partial charge in [0.1, 0.15) is 17.1 Å². The molecule has 8 heteroatoms. The first-order valence-corrected chi connectivity index (χ1v) is 8.41. The highest BCUT2D eigenvalue weighted by Crippen LogP contribution is 2.20. The van der Waals surface area contributed by atoms with E-state index in [0.717, 1.165) is 11.5 Å². The zero-order valence-corrected chi connectivity index (χ0v) is 14.4. The highest BCUT2D eigenvalue weighted by Gasteiger charge is 2.31. The number of amides is 1. The summed E-state index contributed by atoms with van der Waals surface area (Å²) in [6, 6.07) is 5.33. The Balaban J connectivity index is 1.46. The van der Waals surface area contributed by atoms with E-state index in [2.05, 4.69) is 15.5 Å². The third-order valence-corrected chi connectivity index (χ3v) is 4.53. The Hall–Kier alpha value is -2.38. The van der Waals surface area contributed by atoms with Gasteiger partial charge in [0, 0.05) is 30.8 Å². The lowest BCUT2D eigenvalue weighted by molar-refractivity contribution is 0.0920.